The fraction of sp³-hybridized carbons (Fsp3) is 0.516. The van der Waals surface area contributed by atoms with Gasteiger partial charge in [0.15, 0.2) is 47.3 Å². The molecule has 2 aromatic carbocycles. The van der Waals surface area contributed by atoms with Crippen LogP contribution in [0.4, 0.5) is 0 Å². The highest BCUT2D eigenvalue weighted by Crippen LogP contribution is 2.45. The zero-order valence-electron chi connectivity index (χ0n) is 25.6. The number of carbonyl (C=O) groups excluding carboxylic acids is 1. The lowest BCUT2D eigenvalue weighted by Gasteiger charge is -2.52. The maximum atomic E-state index is 13.2. The highest BCUT2D eigenvalue weighted by atomic mass is 16.7. The molecule has 0 bridgehead atoms. The third-order valence-corrected chi connectivity index (χ3v) is 7.85. The van der Waals surface area contributed by atoms with Crippen molar-refractivity contribution in [3.05, 3.63) is 53.6 Å². The lowest BCUT2D eigenvalue weighted by molar-refractivity contribution is -0.387. The summed E-state index contributed by atoms with van der Waals surface area (Å²) in [6, 6.07) is 8.17. The monoisotopic (exact) mass is 652 g/mol. The normalized spacial score (nSPS) is 33.1. The number of hydrogen-bond acceptors (Lipinski definition) is 15. The Labute approximate surface area is 264 Å². The smallest absolute Gasteiger partial charge is 0.331 e. The molecule has 2 aromatic rings. The number of benzene rings is 2. The summed E-state index contributed by atoms with van der Waals surface area (Å²) < 4.78 is 39.5. The zero-order valence-corrected chi connectivity index (χ0v) is 25.6. The second-order valence-electron chi connectivity index (χ2n) is 10.8. The van der Waals surface area contributed by atoms with Crippen LogP contribution in [-0.4, -0.2) is 124 Å². The number of carbonyl (C=O) groups is 1. The minimum atomic E-state index is -2.41. The third kappa shape index (κ3) is 7.07. The van der Waals surface area contributed by atoms with E-state index in [1.165, 1.54) is 63.6 Å². The minimum absolute atomic E-state index is 0.000836. The SMILES string of the molecule is CCO[C@@H]1O[C@H](CO)[C@@H](OC(=O)C=Cc2ccc(O)c(OC)c2)[C@H](O[C@@H]2O[C@@H](C)[C@H](O)[C@@H](O)[C@H]2O)[C@]1(O)c1ccc(O)c(OC)c1. The second-order valence-corrected chi connectivity index (χ2v) is 10.8. The molecule has 0 amide bonds. The van der Waals surface area contributed by atoms with E-state index in [9.17, 15) is 40.5 Å². The molecule has 10 atom stereocenters. The van der Waals surface area contributed by atoms with E-state index in [0.29, 0.717) is 5.56 Å². The highest BCUT2D eigenvalue weighted by molar-refractivity contribution is 5.87. The maximum absolute atomic E-state index is 13.2. The molecule has 2 aliphatic heterocycles. The predicted molar refractivity (Wildman–Crippen MR) is 157 cm³/mol. The molecule has 2 fully saturated rings. The van der Waals surface area contributed by atoms with Gasteiger partial charge in [-0.15, -0.1) is 0 Å². The number of aromatic hydroxyl groups is 2. The molecule has 15 nitrogen and oxygen atoms in total. The van der Waals surface area contributed by atoms with Crippen molar-refractivity contribution >= 4 is 12.0 Å². The summed E-state index contributed by atoms with van der Waals surface area (Å²) in [4.78, 5) is 13.2. The van der Waals surface area contributed by atoms with E-state index >= 15 is 0 Å². The number of rotatable bonds is 11. The molecule has 15 heteroatoms. The van der Waals surface area contributed by atoms with E-state index in [2.05, 4.69) is 0 Å². The van der Waals surface area contributed by atoms with Gasteiger partial charge in [-0.05, 0) is 55.3 Å². The number of phenols is 2. The van der Waals surface area contributed by atoms with Crippen LogP contribution < -0.4 is 9.47 Å². The molecule has 2 aliphatic rings. The Hall–Kier alpha value is -3.51. The predicted octanol–water partition coefficient (Wildman–Crippen LogP) is -0.106. The zero-order chi connectivity index (χ0) is 33.8. The van der Waals surface area contributed by atoms with Crippen molar-refractivity contribution in [3.63, 3.8) is 0 Å². The van der Waals surface area contributed by atoms with Crippen LogP contribution in [0.25, 0.3) is 6.08 Å². The first-order chi connectivity index (χ1) is 21.9. The molecule has 0 spiro atoms. The Balaban J connectivity index is 1.79. The number of aliphatic hydroxyl groups excluding tert-OH is 4. The van der Waals surface area contributed by atoms with Crippen molar-refractivity contribution in [2.75, 3.05) is 27.4 Å². The van der Waals surface area contributed by atoms with Gasteiger partial charge in [0.25, 0.3) is 0 Å². The van der Waals surface area contributed by atoms with E-state index in [-0.39, 0.29) is 35.2 Å². The number of ether oxygens (including phenoxy) is 7. The van der Waals surface area contributed by atoms with Crippen molar-refractivity contribution in [3.8, 4) is 23.0 Å². The van der Waals surface area contributed by atoms with E-state index in [1.807, 2.05) is 0 Å². The van der Waals surface area contributed by atoms with Gasteiger partial charge < -0.3 is 68.9 Å². The first-order valence-corrected chi connectivity index (χ1v) is 14.5. The van der Waals surface area contributed by atoms with Crippen LogP contribution in [0.15, 0.2) is 42.5 Å². The Morgan fingerprint density at radius 2 is 1.61 bits per heavy atom. The molecule has 0 unspecified atom stereocenters. The maximum Gasteiger partial charge on any atom is 0.331 e. The van der Waals surface area contributed by atoms with Crippen LogP contribution >= 0.6 is 0 Å². The minimum Gasteiger partial charge on any atom is -0.504 e. The molecule has 254 valence electrons. The molecule has 4 rings (SSSR count). The van der Waals surface area contributed by atoms with Crippen LogP contribution in [0.5, 0.6) is 23.0 Å². The lowest BCUT2D eigenvalue weighted by atomic mass is 9.80. The summed E-state index contributed by atoms with van der Waals surface area (Å²) in [6.07, 6.45) is -11.6. The van der Waals surface area contributed by atoms with E-state index < -0.39 is 73.5 Å². The van der Waals surface area contributed by atoms with Crippen LogP contribution in [-0.2, 0) is 34.1 Å². The molecular formula is C31H40O15. The molecule has 0 radical (unpaired) electrons. The van der Waals surface area contributed by atoms with Gasteiger partial charge in [0.2, 0.25) is 0 Å². The number of methoxy groups -OCH3 is 2. The lowest BCUT2D eigenvalue weighted by Crippen LogP contribution is -2.69. The van der Waals surface area contributed by atoms with E-state index in [0.717, 1.165) is 6.08 Å². The van der Waals surface area contributed by atoms with E-state index in [4.69, 9.17) is 33.2 Å². The van der Waals surface area contributed by atoms with Crippen molar-refractivity contribution in [2.24, 2.45) is 0 Å². The summed E-state index contributed by atoms with van der Waals surface area (Å²) in [5.74, 6) is -1.23. The van der Waals surface area contributed by atoms with Crippen LogP contribution in [0, 0.1) is 0 Å². The summed E-state index contributed by atoms with van der Waals surface area (Å²) in [7, 11) is 2.65. The summed E-state index contributed by atoms with van der Waals surface area (Å²) in [5, 5.41) is 74.4. The van der Waals surface area contributed by atoms with Gasteiger partial charge in [0.1, 0.15) is 30.5 Å². The van der Waals surface area contributed by atoms with E-state index in [1.54, 1.807) is 6.92 Å². The Kier molecular flexibility index (Phi) is 11.5. The molecule has 0 aromatic heterocycles. The Morgan fingerprint density at radius 1 is 0.957 bits per heavy atom. The summed E-state index contributed by atoms with van der Waals surface area (Å²) in [5.41, 5.74) is -1.95. The third-order valence-electron chi connectivity index (χ3n) is 7.85. The van der Waals surface area contributed by atoms with Gasteiger partial charge in [-0.25, -0.2) is 4.79 Å². The molecule has 2 heterocycles. The number of aliphatic hydroxyl groups is 5. The highest BCUT2D eigenvalue weighted by Gasteiger charge is 2.61. The van der Waals surface area contributed by atoms with Gasteiger partial charge in [-0.1, -0.05) is 12.1 Å². The quantitative estimate of drug-likeness (QED) is 0.124. The standard InChI is InChI=1S/C31H40O15/c1-5-42-30-31(39,17-8-10-19(34)21(13-17)41-4)28(46-29-26(38)25(37)24(36)15(2)43-29)27(22(14-32)44-30)45-23(35)11-7-16-6-9-18(33)20(12-16)40-3/h6-13,15,22,24-30,32-34,36-39H,5,14H2,1-4H3/t15-,22+,24-,25+,26+,27+,28-,29-,30+,31+/m0/s1. The van der Waals surface area contributed by atoms with Gasteiger partial charge in [-0.3, -0.25) is 0 Å². The molecular weight excluding hydrogens is 612 g/mol. The topological polar surface area (TPSA) is 223 Å². The molecule has 0 saturated carbocycles. The fourth-order valence-electron chi connectivity index (χ4n) is 5.34. The summed E-state index contributed by atoms with van der Waals surface area (Å²) >= 11 is 0. The second kappa shape index (κ2) is 14.9. The molecule has 7 N–H and O–H groups in total. The van der Waals surface area contributed by atoms with Crippen molar-refractivity contribution in [1.29, 1.82) is 0 Å². The Bertz CT molecular complexity index is 1370. The van der Waals surface area contributed by atoms with Gasteiger partial charge in [0, 0.05) is 12.7 Å². The van der Waals surface area contributed by atoms with Gasteiger partial charge >= 0.3 is 5.97 Å². The molecule has 2 saturated heterocycles. The fourth-order valence-corrected chi connectivity index (χ4v) is 5.34. The molecule has 0 aliphatic carbocycles. The first-order valence-electron chi connectivity index (χ1n) is 14.5. The average Bonchev–Trinajstić information content (AvgIpc) is 3.05. The average molecular weight is 653 g/mol. The van der Waals surface area contributed by atoms with Crippen molar-refractivity contribution in [1.82, 2.24) is 0 Å². The summed E-state index contributed by atoms with van der Waals surface area (Å²) in [6.45, 7) is 2.30. The van der Waals surface area contributed by atoms with Crippen LogP contribution in [0.3, 0.4) is 0 Å². The number of esters is 1. The van der Waals surface area contributed by atoms with Gasteiger partial charge in [-0.2, -0.15) is 0 Å². The van der Waals surface area contributed by atoms with Gasteiger partial charge in [0.05, 0.1) is 26.9 Å². The van der Waals surface area contributed by atoms with Crippen LogP contribution in [0.1, 0.15) is 25.0 Å². The Morgan fingerprint density at radius 3 is 2.24 bits per heavy atom. The molecule has 46 heavy (non-hydrogen) atoms. The number of phenolic OH excluding ortho intramolecular Hbond substituents is 2. The first kappa shape index (κ1) is 35.3. The van der Waals surface area contributed by atoms with Crippen molar-refractivity contribution < 1.29 is 73.7 Å². The largest absolute Gasteiger partial charge is 0.504 e. The van der Waals surface area contributed by atoms with Crippen molar-refractivity contribution in [2.45, 2.75) is 74.8 Å². The number of hydrogen-bond donors (Lipinski definition) is 7. The van der Waals surface area contributed by atoms with Crippen LogP contribution in [0.2, 0.25) is 0 Å².